The second-order valence-corrected chi connectivity index (χ2v) is 6.94. The zero-order valence-corrected chi connectivity index (χ0v) is 12.6. The maximum Gasteiger partial charge on any atom is 0.248 e. The fraction of sp³-hybridized carbons (Fsp3) is 0.0909. The Kier molecular flexibility index (Phi) is 3.02. The molecular formula is C11H8BrN5O2S. The summed E-state index contributed by atoms with van der Waals surface area (Å²) in [5.74, 6) is 0. The van der Waals surface area contributed by atoms with Crippen LogP contribution in [-0.4, -0.2) is 39.6 Å². The molecule has 0 fully saturated rings. The average molecular weight is 354 g/mol. The second kappa shape index (κ2) is 4.60. The zero-order chi connectivity index (χ0) is 14.3. The van der Waals surface area contributed by atoms with Crippen LogP contribution in [0.15, 0.2) is 40.1 Å². The molecule has 2 aromatic heterocycles. The molecule has 0 aliphatic heterocycles. The van der Waals surface area contributed by atoms with Crippen molar-refractivity contribution in [2.45, 2.75) is 5.16 Å². The van der Waals surface area contributed by atoms with Crippen molar-refractivity contribution in [3.05, 3.63) is 34.9 Å². The minimum absolute atomic E-state index is 0.247. The molecule has 0 bridgehead atoms. The fourth-order valence-electron chi connectivity index (χ4n) is 1.67. The first kappa shape index (κ1) is 13.1. The van der Waals surface area contributed by atoms with Gasteiger partial charge in [0.2, 0.25) is 15.0 Å². The van der Waals surface area contributed by atoms with E-state index in [1.54, 1.807) is 0 Å². The molecule has 0 radical (unpaired) electrons. The fourth-order valence-corrected chi connectivity index (χ4v) is 2.56. The highest BCUT2D eigenvalue weighted by Crippen LogP contribution is 2.18. The Morgan fingerprint density at radius 2 is 2.10 bits per heavy atom. The van der Waals surface area contributed by atoms with Crippen molar-refractivity contribution in [2.24, 2.45) is 0 Å². The quantitative estimate of drug-likeness (QED) is 0.646. The molecule has 7 nitrogen and oxygen atoms in total. The van der Waals surface area contributed by atoms with Crippen LogP contribution in [0.1, 0.15) is 0 Å². The average Bonchev–Trinajstić information content (AvgIpc) is 2.80. The highest BCUT2D eigenvalue weighted by atomic mass is 79.9. The number of fused-ring (bicyclic) bond motifs is 1. The predicted octanol–water partition coefficient (Wildman–Crippen LogP) is 1.38. The molecule has 20 heavy (non-hydrogen) atoms. The SMILES string of the molecule is CS(=O)(=O)c1ncc2nnn(-c3cccc(Br)c3)c2n1. The largest absolute Gasteiger partial charge is 0.248 e. The molecule has 0 aliphatic rings. The maximum absolute atomic E-state index is 11.5. The lowest BCUT2D eigenvalue weighted by Crippen LogP contribution is -2.05. The molecule has 2 heterocycles. The van der Waals surface area contributed by atoms with Crippen molar-refractivity contribution in [3.63, 3.8) is 0 Å². The Bertz CT molecular complexity index is 906. The van der Waals surface area contributed by atoms with Crippen LogP contribution >= 0.6 is 15.9 Å². The van der Waals surface area contributed by atoms with Crippen LogP contribution in [0.25, 0.3) is 16.9 Å². The summed E-state index contributed by atoms with van der Waals surface area (Å²) in [6.07, 6.45) is 2.40. The molecule has 9 heteroatoms. The Balaban J connectivity index is 2.27. The molecule has 0 saturated carbocycles. The summed E-state index contributed by atoms with van der Waals surface area (Å²) in [5.41, 5.74) is 1.50. The van der Waals surface area contributed by atoms with E-state index in [9.17, 15) is 8.42 Å². The first-order valence-electron chi connectivity index (χ1n) is 5.49. The zero-order valence-electron chi connectivity index (χ0n) is 10.2. The van der Waals surface area contributed by atoms with E-state index >= 15 is 0 Å². The third kappa shape index (κ3) is 2.29. The molecule has 0 saturated heterocycles. The van der Waals surface area contributed by atoms with Crippen LogP contribution in [0.5, 0.6) is 0 Å². The van der Waals surface area contributed by atoms with Crippen LogP contribution in [0.2, 0.25) is 0 Å². The smallest absolute Gasteiger partial charge is 0.224 e. The molecule has 3 rings (SSSR count). The van der Waals surface area contributed by atoms with E-state index < -0.39 is 9.84 Å². The van der Waals surface area contributed by atoms with Crippen LogP contribution in [-0.2, 0) is 9.84 Å². The van der Waals surface area contributed by atoms with Crippen molar-refractivity contribution in [1.29, 1.82) is 0 Å². The van der Waals surface area contributed by atoms with Crippen LogP contribution < -0.4 is 0 Å². The summed E-state index contributed by atoms with van der Waals surface area (Å²) in [5, 5.41) is 7.66. The maximum atomic E-state index is 11.5. The molecule has 0 unspecified atom stereocenters. The minimum Gasteiger partial charge on any atom is -0.224 e. The van der Waals surface area contributed by atoms with Gasteiger partial charge in [-0.1, -0.05) is 27.2 Å². The highest BCUT2D eigenvalue weighted by Gasteiger charge is 2.15. The Hall–Kier alpha value is -1.87. The first-order chi connectivity index (χ1) is 9.45. The summed E-state index contributed by atoms with van der Waals surface area (Å²) in [4.78, 5) is 7.81. The molecule has 0 N–H and O–H groups in total. The summed E-state index contributed by atoms with van der Waals surface area (Å²) < 4.78 is 25.4. The van der Waals surface area contributed by atoms with Gasteiger partial charge in [0.05, 0.1) is 11.9 Å². The van der Waals surface area contributed by atoms with E-state index in [1.807, 2.05) is 24.3 Å². The van der Waals surface area contributed by atoms with E-state index in [0.717, 1.165) is 16.4 Å². The molecular weight excluding hydrogens is 346 g/mol. The van der Waals surface area contributed by atoms with Crippen LogP contribution in [0, 0.1) is 0 Å². The van der Waals surface area contributed by atoms with Crippen molar-refractivity contribution in [2.75, 3.05) is 6.26 Å². The normalized spacial score (nSPS) is 11.9. The second-order valence-electron chi connectivity index (χ2n) is 4.11. The lowest BCUT2D eigenvalue weighted by molar-refractivity contribution is 0.593. The van der Waals surface area contributed by atoms with Gasteiger partial charge in [-0.25, -0.2) is 13.4 Å². The van der Waals surface area contributed by atoms with Crippen molar-refractivity contribution in [3.8, 4) is 5.69 Å². The van der Waals surface area contributed by atoms with Gasteiger partial charge in [0.1, 0.15) is 0 Å². The Morgan fingerprint density at radius 3 is 2.80 bits per heavy atom. The summed E-state index contributed by atoms with van der Waals surface area (Å²) in [7, 11) is -3.48. The van der Waals surface area contributed by atoms with Gasteiger partial charge in [0.15, 0.2) is 11.2 Å². The molecule has 0 amide bonds. The minimum atomic E-state index is -3.48. The van der Waals surface area contributed by atoms with Gasteiger partial charge in [-0.05, 0) is 18.2 Å². The third-order valence-corrected chi connectivity index (χ3v) is 3.91. The third-order valence-electron chi connectivity index (χ3n) is 2.55. The highest BCUT2D eigenvalue weighted by molar-refractivity contribution is 9.10. The van der Waals surface area contributed by atoms with E-state index in [4.69, 9.17) is 0 Å². The van der Waals surface area contributed by atoms with Crippen molar-refractivity contribution in [1.82, 2.24) is 25.0 Å². The number of hydrogen-bond acceptors (Lipinski definition) is 6. The van der Waals surface area contributed by atoms with Crippen molar-refractivity contribution >= 4 is 36.9 Å². The van der Waals surface area contributed by atoms with Crippen molar-refractivity contribution < 1.29 is 8.42 Å². The van der Waals surface area contributed by atoms with E-state index in [1.165, 1.54) is 10.9 Å². The first-order valence-corrected chi connectivity index (χ1v) is 8.18. The molecule has 102 valence electrons. The number of halogens is 1. The lowest BCUT2D eigenvalue weighted by Gasteiger charge is -2.02. The molecule has 0 spiro atoms. The van der Waals surface area contributed by atoms with E-state index in [0.29, 0.717) is 11.2 Å². The topological polar surface area (TPSA) is 90.6 Å². The van der Waals surface area contributed by atoms with Gasteiger partial charge < -0.3 is 0 Å². The molecule has 0 aliphatic carbocycles. The number of rotatable bonds is 2. The number of aromatic nitrogens is 5. The number of sulfone groups is 1. The monoisotopic (exact) mass is 353 g/mol. The van der Waals surface area contributed by atoms with Crippen LogP contribution in [0.3, 0.4) is 0 Å². The summed E-state index contributed by atoms with van der Waals surface area (Å²) >= 11 is 3.37. The standard InChI is InChI=1S/C11H8BrN5O2S/c1-20(18,19)11-13-6-9-10(14-11)17(16-15-9)8-4-2-3-7(12)5-8/h2-6H,1H3. The Morgan fingerprint density at radius 1 is 1.30 bits per heavy atom. The number of hydrogen-bond donors (Lipinski definition) is 0. The van der Waals surface area contributed by atoms with Crippen LogP contribution in [0.4, 0.5) is 0 Å². The van der Waals surface area contributed by atoms with E-state index in [2.05, 4.69) is 36.2 Å². The molecule has 3 aromatic rings. The molecule has 0 atom stereocenters. The predicted molar refractivity (Wildman–Crippen MR) is 75.3 cm³/mol. The van der Waals surface area contributed by atoms with Gasteiger partial charge in [-0.2, -0.15) is 9.67 Å². The lowest BCUT2D eigenvalue weighted by atomic mass is 10.3. The number of benzene rings is 1. The van der Waals surface area contributed by atoms with Gasteiger partial charge in [0, 0.05) is 10.7 Å². The number of nitrogens with zero attached hydrogens (tertiary/aromatic N) is 5. The van der Waals surface area contributed by atoms with Gasteiger partial charge in [-0.15, -0.1) is 5.10 Å². The molecule has 1 aromatic carbocycles. The Labute approximate surface area is 122 Å². The van der Waals surface area contributed by atoms with Gasteiger partial charge in [0.25, 0.3) is 0 Å². The van der Waals surface area contributed by atoms with Gasteiger partial charge >= 0.3 is 0 Å². The van der Waals surface area contributed by atoms with E-state index in [-0.39, 0.29) is 5.16 Å². The summed E-state index contributed by atoms with van der Waals surface area (Å²) in [6.45, 7) is 0. The summed E-state index contributed by atoms with van der Waals surface area (Å²) in [6, 6.07) is 7.36. The van der Waals surface area contributed by atoms with Gasteiger partial charge in [-0.3, -0.25) is 0 Å².